The molecule has 0 saturated carbocycles. The third kappa shape index (κ3) is 1.40. The molecule has 0 saturated heterocycles. The van der Waals surface area contributed by atoms with Gasteiger partial charge in [0.15, 0.2) is 11.5 Å². The average Bonchev–Trinajstić information content (AvgIpc) is 2.26. The summed E-state index contributed by atoms with van der Waals surface area (Å²) in [5, 5.41) is 1.09. The molecule has 2 heterocycles. The van der Waals surface area contributed by atoms with E-state index in [-0.39, 0.29) is 0 Å². The van der Waals surface area contributed by atoms with Gasteiger partial charge >= 0.3 is 0 Å². The van der Waals surface area contributed by atoms with Crippen LogP contribution in [0.1, 0.15) is 5.69 Å². The molecule has 15 heavy (non-hydrogen) atoms. The molecule has 76 valence electrons. The molecule has 1 aromatic carbocycles. The van der Waals surface area contributed by atoms with Crippen LogP contribution in [-0.4, -0.2) is 18.2 Å². The van der Waals surface area contributed by atoms with Crippen LogP contribution in [0.25, 0.3) is 10.9 Å². The Labute approximate surface area is 87.6 Å². The topological polar surface area (TPSA) is 31.4 Å². The van der Waals surface area contributed by atoms with Gasteiger partial charge in [-0.1, -0.05) is 6.07 Å². The van der Waals surface area contributed by atoms with E-state index in [0.29, 0.717) is 13.2 Å². The minimum Gasteiger partial charge on any atom is -0.486 e. The van der Waals surface area contributed by atoms with E-state index >= 15 is 0 Å². The first-order chi connectivity index (χ1) is 7.33. The summed E-state index contributed by atoms with van der Waals surface area (Å²) in [7, 11) is 0. The van der Waals surface area contributed by atoms with Crippen molar-refractivity contribution in [2.75, 3.05) is 13.2 Å². The van der Waals surface area contributed by atoms with Crippen molar-refractivity contribution in [1.82, 2.24) is 4.98 Å². The molecule has 0 radical (unpaired) electrons. The van der Waals surface area contributed by atoms with Gasteiger partial charge in [0.05, 0.1) is 5.52 Å². The molecule has 3 heteroatoms. The Morgan fingerprint density at radius 2 is 1.80 bits per heavy atom. The average molecular weight is 201 g/mol. The Kier molecular flexibility index (Phi) is 1.78. The number of pyridine rings is 1. The second kappa shape index (κ2) is 3.12. The van der Waals surface area contributed by atoms with Gasteiger partial charge in [-0.05, 0) is 19.1 Å². The van der Waals surface area contributed by atoms with E-state index in [1.165, 1.54) is 0 Å². The Hall–Kier alpha value is -1.77. The van der Waals surface area contributed by atoms with Crippen molar-refractivity contribution in [3.63, 3.8) is 0 Å². The molecule has 0 spiro atoms. The quantitative estimate of drug-likeness (QED) is 0.655. The first-order valence-electron chi connectivity index (χ1n) is 5.00. The molecule has 2 aromatic rings. The Morgan fingerprint density at radius 3 is 2.60 bits per heavy atom. The summed E-state index contributed by atoms with van der Waals surface area (Å²) >= 11 is 0. The molecule has 3 rings (SSSR count). The van der Waals surface area contributed by atoms with Crippen molar-refractivity contribution < 1.29 is 9.47 Å². The maximum Gasteiger partial charge on any atom is 0.163 e. The van der Waals surface area contributed by atoms with Crippen molar-refractivity contribution in [3.8, 4) is 11.5 Å². The summed E-state index contributed by atoms with van der Waals surface area (Å²) in [5.41, 5.74) is 1.97. The van der Waals surface area contributed by atoms with Crippen LogP contribution >= 0.6 is 0 Å². The number of fused-ring (bicyclic) bond motifs is 2. The molecular weight excluding hydrogens is 190 g/mol. The number of hydrogen-bond acceptors (Lipinski definition) is 3. The summed E-state index contributed by atoms with van der Waals surface area (Å²) in [6, 6.07) is 7.97. The van der Waals surface area contributed by atoms with Crippen LogP contribution in [0.4, 0.5) is 0 Å². The Balaban J connectivity index is 2.26. The van der Waals surface area contributed by atoms with Crippen LogP contribution in [-0.2, 0) is 0 Å². The number of nitrogens with zero attached hydrogens (tertiary/aromatic N) is 1. The van der Waals surface area contributed by atoms with Gasteiger partial charge in [0.2, 0.25) is 0 Å². The predicted molar refractivity (Wildman–Crippen MR) is 57.5 cm³/mol. The van der Waals surface area contributed by atoms with Gasteiger partial charge in [0, 0.05) is 17.1 Å². The number of ether oxygens (including phenoxy) is 2. The van der Waals surface area contributed by atoms with Crippen molar-refractivity contribution in [2.45, 2.75) is 6.92 Å². The van der Waals surface area contributed by atoms with Crippen LogP contribution in [0.3, 0.4) is 0 Å². The van der Waals surface area contributed by atoms with E-state index in [1.807, 2.05) is 25.1 Å². The number of aryl methyl sites for hydroxylation is 1. The van der Waals surface area contributed by atoms with E-state index in [0.717, 1.165) is 28.1 Å². The molecule has 0 atom stereocenters. The summed E-state index contributed by atoms with van der Waals surface area (Å²) in [4.78, 5) is 4.45. The smallest absolute Gasteiger partial charge is 0.163 e. The highest BCUT2D eigenvalue weighted by molar-refractivity contribution is 5.82. The fraction of sp³-hybridized carbons (Fsp3) is 0.250. The lowest BCUT2D eigenvalue weighted by molar-refractivity contribution is 0.172. The predicted octanol–water partition coefficient (Wildman–Crippen LogP) is 2.31. The zero-order chi connectivity index (χ0) is 10.3. The highest BCUT2D eigenvalue weighted by Gasteiger charge is 2.12. The van der Waals surface area contributed by atoms with E-state index < -0.39 is 0 Å². The molecule has 3 nitrogen and oxygen atoms in total. The van der Waals surface area contributed by atoms with Gasteiger partial charge in [-0.2, -0.15) is 0 Å². The molecule has 0 unspecified atom stereocenters. The zero-order valence-electron chi connectivity index (χ0n) is 8.49. The lowest BCUT2D eigenvalue weighted by Gasteiger charge is -2.18. The van der Waals surface area contributed by atoms with Crippen LogP contribution < -0.4 is 9.47 Å². The number of benzene rings is 1. The van der Waals surface area contributed by atoms with Crippen molar-refractivity contribution in [3.05, 3.63) is 30.0 Å². The van der Waals surface area contributed by atoms with Gasteiger partial charge in [0.1, 0.15) is 13.2 Å². The molecule has 0 N–H and O–H groups in total. The van der Waals surface area contributed by atoms with Crippen molar-refractivity contribution in [1.29, 1.82) is 0 Å². The van der Waals surface area contributed by atoms with Crippen LogP contribution in [0, 0.1) is 6.92 Å². The lowest BCUT2D eigenvalue weighted by atomic mass is 10.2. The monoisotopic (exact) mass is 201 g/mol. The molecule has 0 aliphatic carbocycles. The minimum atomic E-state index is 0.615. The highest BCUT2D eigenvalue weighted by Crippen LogP contribution is 2.33. The fourth-order valence-corrected chi connectivity index (χ4v) is 1.76. The standard InChI is InChI=1S/C12H11NO2/c1-8-2-3-9-6-11-12(7-10(9)13-8)15-5-4-14-11/h2-3,6-7H,4-5H2,1H3. The third-order valence-corrected chi connectivity index (χ3v) is 2.49. The molecular formula is C12H11NO2. The first-order valence-corrected chi connectivity index (χ1v) is 5.00. The summed E-state index contributed by atoms with van der Waals surface area (Å²) in [6.07, 6.45) is 0. The van der Waals surface area contributed by atoms with Gasteiger partial charge < -0.3 is 9.47 Å². The largest absolute Gasteiger partial charge is 0.486 e. The van der Waals surface area contributed by atoms with Crippen LogP contribution in [0.5, 0.6) is 11.5 Å². The fourth-order valence-electron chi connectivity index (χ4n) is 1.76. The summed E-state index contributed by atoms with van der Waals surface area (Å²) < 4.78 is 11.0. The second-order valence-corrected chi connectivity index (χ2v) is 3.64. The third-order valence-electron chi connectivity index (χ3n) is 2.49. The molecule has 0 bridgehead atoms. The second-order valence-electron chi connectivity index (χ2n) is 3.64. The first kappa shape index (κ1) is 8.53. The van der Waals surface area contributed by atoms with Gasteiger partial charge in [-0.3, -0.25) is 4.98 Å². The lowest BCUT2D eigenvalue weighted by Crippen LogP contribution is -2.15. The normalized spacial score (nSPS) is 14.2. The molecule has 1 aliphatic heterocycles. The number of aromatic nitrogens is 1. The molecule has 1 aliphatic rings. The Morgan fingerprint density at radius 1 is 1.07 bits per heavy atom. The van der Waals surface area contributed by atoms with E-state index in [4.69, 9.17) is 9.47 Å². The zero-order valence-corrected chi connectivity index (χ0v) is 8.49. The summed E-state index contributed by atoms with van der Waals surface area (Å²) in [5.74, 6) is 1.62. The highest BCUT2D eigenvalue weighted by atomic mass is 16.6. The number of hydrogen-bond donors (Lipinski definition) is 0. The Bertz CT molecular complexity index is 522. The van der Waals surface area contributed by atoms with E-state index in [9.17, 15) is 0 Å². The SMILES string of the molecule is Cc1ccc2cc3c(cc2n1)OCCO3. The molecule has 1 aromatic heterocycles. The van der Waals surface area contributed by atoms with Crippen LogP contribution in [0.15, 0.2) is 24.3 Å². The van der Waals surface area contributed by atoms with Gasteiger partial charge in [-0.15, -0.1) is 0 Å². The van der Waals surface area contributed by atoms with Crippen molar-refractivity contribution in [2.24, 2.45) is 0 Å². The summed E-state index contributed by atoms with van der Waals surface area (Å²) in [6.45, 7) is 3.22. The maximum atomic E-state index is 5.51. The number of rotatable bonds is 0. The van der Waals surface area contributed by atoms with Gasteiger partial charge in [-0.25, -0.2) is 0 Å². The molecule has 0 amide bonds. The molecule has 0 fully saturated rings. The minimum absolute atomic E-state index is 0.615. The van der Waals surface area contributed by atoms with Crippen LogP contribution in [0.2, 0.25) is 0 Å². The van der Waals surface area contributed by atoms with E-state index in [1.54, 1.807) is 0 Å². The van der Waals surface area contributed by atoms with E-state index in [2.05, 4.69) is 11.1 Å². The van der Waals surface area contributed by atoms with Gasteiger partial charge in [0.25, 0.3) is 0 Å². The maximum absolute atomic E-state index is 5.51. The van der Waals surface area contributed by atoms with Crippen molar-refractivity contribution >= 4 is 10.9 Å².